The molecule has 0 spiro atoms. The number of nitrogens with one attached hydrogen (secondary N) is 1. The number of halogens is 4. The van der Waals surface area contributed by atoms with Gasteiger partial charge in [-0.05, 0) is 36.9 Å². The van der Waals surface area contributed by atoms with E-state index in [0.717, 1.165) is 19.2 Å². The molecule has 5 rings (SSSR count). The lowest BCUT2D eigenvalue weighted by molar-refractivity contribution is -0.138. The number of aromatic nitrogens is 3. The molecule has 0 radical (unpaired) electrons. The number of fused-ring (bicyclic) bond motifs is 1. The van der Waals surface area contributed by atoms with E-state index in [1.54, 1.807) is 0 Å². The van der Waals surface area contributed by atoms with Gasteiger partial charge in [-0.3, -0.25) is 14.7 Å². The maximum atomic E-state index is 13.9. The van der Waals surface area contributed by atoms with Gasteiger partial charge in [0.1, 0.15) is 5.82 Å². The zero-order chi connectivity index (χ0) is 27.6. The molecule has 7 nitrogen and oxygen atoms in total. The smallest absolute Gasteiger partial charge is 0.322 e. The summed E-state index contributed by atoms with van der Waals surface area (Å²) in [6.45, 7) is 3.15. The van der Waals surface area contributed by atoms with E-state index in [1.807, 2.05) is 11.9 Å². The van der Waals surface area contributed by atoms with Gasteiger partial charge in [0, 0.05) is 68.6 Å². The molecule has 1 fully saturated rings. The summed E-state index contributed by atoms with van der Waals surface area (Å²) in [5.74, 6) is 4.72. The summed E-state index contributed by atoms with van der Waals surface area (Å²) in [6, 6.07) is 7.92. The van der Waals surface area contributed by atoms with Crippen LogP contribution >= 0.6 is 0 Å². The Morgan fingerprint density at radius 1 is 1.03 bits per heavy atom. The van der Waals surface area contributed by atoms with E-state index in [-0.39, 0.29) is 23.4 Å². The zero-order valence-electron chi connectivity index (χ0n) is 21.0. The van der Waals surface area contributed by atoms with Gasteiger partial charge in [0.25, 0.3) is 5.91 Å². The molecule has 39 heavy (non-hydrogen) atoms. The minimum Gasteiger partial charge on any atom is -0.322 e. The maximum absolute atomic E-state index is 13.9. The van der Waals surface area contributed by atoms with Crippen molar-refractivity contribution in [3.63, 3.8) is 0 Å². The van der Waals surface area contributed by atoms with Crippen molar-refractivity contribution < 1.29 is 22.4 Å². The number of piperazine rings is 1. The minimum absolute atomic E-state index is 0.0271. The van der Waals surface area contributed by atoms with Gasteiger partial charge in [0.2, 0.25) is 0 Å². The SMILES string of the molecule is CN1CCN(Cc2ccc(NC(=O)c3cncc(C#Cc4cnn5ccc(F)cc45)c3)cc2C(F)(F)F)CC1. The van der Waals surface area contributed by atoms with E-state index in [1.165, 1.54) is 59.6 Å². The third kappa shape index (κ3) is 6.25. The molecule has 3 aromatic heterocycles. The predicted octanol–water partition coefficient (Wildman–Crippen LogP) is 4.29. The van der Waals surface area contributed by atoms with Crippen LogP contribution in [0.25, 0.3) is 5.52 Å². The fourth-order valence-corrected chi connectivity index (χ4v) is 4.33. The maximum Gasteiger partial charge on any atom is 0.416 e. The second kappa shape index (κ2) is 10.8. The summed E-state index contributed by atoms with van der Waals surface area (Å²) in [5.41, 5.74) is 0.916. The van der Waals surface area contributed by atoms with Crippen LogP contribution in [0.15, 0.2) is 61.2 Å². The number of amides is 1. The van der Waals surface area contributed by atoms with Gasteiger partial charge in [0.05, 0.1) is 28.4 Å². The van der Waals surface area contributed by atoms with E-state index in [4.69, 9.17) is 0 Å². The van der Waals surface area contributed by atoms with Crippen molar-refractivity contribution in [1.29, 1.82) is 0 Å². The zero-order valence-corrected chi connectivity index (χ0v) is 21.0. The third-order valence-electron chi connectivity index (χ3n) is 6.49. The van der Waals surface area contributed by atoms with Crippen molar-refractivity contribution in [2.75, 3.05) is 38.5 Å². The molecule has 0 unspecified atom stereocenters. The molecule has 0 atom stereocenters. The first-order chi connectivity index (χ1) is 18.7. The molecule has 0 aliphatic carbocycles. The standard InChI is InChI=1S/C28H24F4N6O/c1-36-8-10-37(11-9-36)18-21-4-5-24(14-25(21)28(30,31)32)35-27(39)22-12-19(15-33-16-22)2-3-20-17-34-38-7-6-23(29)13-26(20)38/h4-7,12-17H,8-11,18H2,1H3,(H,35,39). The Hall–Kier alpha value is -4.27. The lowest BCUT2D eigenvalue weighted by Crippen LogP contribution is -2.44. The number of nitrogens with zero attached hydrogens (tertiary/aromatic N) is 5. The van der Waals surface area contributed by atoms with Crippen LogP contribution in [0, 0.1) is 17.7 Å². The van der Waals surface area contributed by atoms with Gasteiger partial charge < -0.3 is 10.2 Å². The number of pyridine rings is 2. The van der Waals surface area contributed by atoms with Crippen LogP contribution in [0.3, 0.4) is 0 Å². The van der Waals surface area contributed by atoms with Crippen molar-refractivity contribution in [3.05, 3.63) is 94.8 Å². The fourth-order valence-electron chi connectivity index (χ4n) is 4.33. The number of anilines is 1. The molecular weight excluding hydrogens is 512 g/mol. The summed E-state index contributed by atoms with van der Waals surface area (Å²) < 4.78 is 56.7. The van der Waals surface area contributed by atoms with Crippen LogP contribution in [0.4, 0.5) is 23.2 Å². The van der Waals surface area contributed by atoms with E-state index in [2.05, 4.69) is 32.1 Å². The van der Waals surface area contributed by atoms with Gasteiger partial charge >= 0.3 is 6.18 Å². The van der Waals surface area contributed by atoms with Crippen molar-refractivity contribution in [3.8, 4) is 11.8 Å². The highest BCUT2D eigenvalue weighted by Gasteiger charge is 2.34. The van der Waals surface area contributed by atoms with Crippen molar-refractivity contribution >= 4 is 17.1 Å². The number of likely N-dealkylation sites (N-methyl/N-ethyl adjacent to an activating group) is 1. The highest BCUT2D eigenvalue weighted by Crippen LogP contribution is 2.34. The van der Waals surface area contributed by atoms with E-state index >= 15 is 0 Å². The van der Waals surface area contributed by atoms with Crippen LogP contribution in [-0.2, 0) is 12.7 Å². The van der Waals surface area contributed by atoms with Gasteiger partial charge in [-0.25, -0.2) is 8.91 Å². The molecule has 0 bridgehead atoms. The molecule has 1 aliphatic rings. The molecule has 11 heteroatoms. The van der Waals surface area contributed by atoms with Crippen LogP contribution < -0.4 is 5.32 Å². The average Bonchev–Trinajstić information content (AvgIpc) is 3.31. The average molecular weight is 537 g/mol. The Bertz CT molecular complexity index is 1580. The highest BCUT2D eigenvalue weighted by molar-refractivity contribution is 6.04. The van der Waals surface area contributed by atoms with Crippen molar-refractivity contribution in [2.24, 2.45) is 0 Å². The van der Waals surface area contributed by atoms with Gasteiger partial charge in [-0.15, -0.1) is 0 Å². The number of hydrogen-bond acceptors (Lipinski definition) is 5. The van der Waals surface area contributed by atoms with E-state index in [9.17, 15) is 22.4 Å². The number of carbonyl (C=O) groups is 1. The molecule has 0 saturated carbocycles. The number of hydrogen-bond donors (Lipinski definition) is 1. The Kier molecular flexibility index (Phi) is 7.32. The minimum atomic E-state index is -4.57. The second-order valence-electron chi connectivity index (χ2n) is 9.35. The molecule has 4 heterocycles. The molecule has 1 amide bonds. The van der Waals surface area contributed by atoms with Gasteiger partial charge in [-0.1, -0.05) is 17.9 Å². The first-order valence-corrected chi connectivity index (χ1v) is 12.2. The first kappa shape index (κ1) is 26.3. The summed E-state index contributed by atoms with van der Waals surface area (Å²) in [4.78, 5) is 21.0. The van der Waals surface area contributed by atoms with Gasteiger partial charge in [0.15, 0.2) is 0 Å². The lowest BCUT2D eigenvalue weighted by atomic mass is 10.0. The molecule has 1 aromatic carbocycles. The van der Waals surface area contributed by atoms with Crippen molar-refractivity contribution in [1.82, 2.24) is 24.4 Å². The topological polar surface area (TPSA) is 65.8 Å². The molecular formula is C28H24F4N6O. The molecule has 1 saturated heterocycles. The molecule has 1 N–H and O–H groups in total. The van der Waals surface area contributed by atoms with E-state index < -0.39 is 23.5 Å². The summed E-state index contributed by atoms with van der Waals surface area (Å²) in [5, 5.41) is 6.65. The third-order valence-corrected chi connectivity index (χ3v) is 6.49. The lowest BCUT2D eigenvalue weighted by Gasteiger charge is -2.33. The highest BCUT2D eigenvalue weighted by atomic mass is 19.4. The Morgan fingerprint density at radius 3 is 2.59 bits per heavy atom. The predicted molar refractivity (Wildman–Crippen MR) is 138 cm³/mol. The van der Waals surface area contributed by atoms with Crippen LogP contribution in [-0.4, -0.2) is 63.5 Å². The molecule has 1 aliphatic heterocycles. The second-order valence-corrected chi connectivity index (χ2v) is 9.35. The fraction of sp³-hybridized carbons (Fsp3) is 0.250. The first-order valence-electron chi connectivity index (χ1n) is 12.2. The summed E-state index contributed by atoms with van der Waals surface area (Å²) in [7, 11) is 1.98. The Balaban J connectivity index is 1.33. The van der Waals surface area contributed by atoms with Crippen LogP contribution in [0.1, 0.15) is 32.6 Å². The Labute approximate surface area is 222 Å². The molecule has 4 aromatic rings. The van der Waals surface area contributed by atoms with E-state index in [0.29, 0.717) is 29.7 Å². The molecule has 200 valence electrons. The number of rotatable bonds is 4. The normalized spacial score (nSPS) is 14.7. The summed E-state index contributed by atoms with van der Waals surface area (Å²) >= 11 is 0. The van der Waals surface area contributed by atoms with Crippen LogP contribution in [0.2, 0.25) is 0 Å². The summed E-state index contributed by atoms with van der Waals surface area (Å²) in [6.07, 6.45) is 1.16. The monoisotopic (exact) mass is 536 g/mol. The van der Waals surface area contributed by atoms with Gasteiger partial charge in [-0.2, -0.15) is 18.3 Å². The van der Waals surface area contributed by atoms with Crippen LogP contribution in [0.5, 0.6) is 0 Å². The number of alkyl halides is 3. The quantitative estimate of drug-likeness (QED) is 0.312. The number of carbonyl (C=O) groups excluding carboxylic acids is 1. The van der Waals surface area contributed by atoms with Crippen molar-refractivity contribution in [2.45, 2.75) is 12.7 Å². The number of benzene rings is 1. The largest absolute Gasteiger partial charge is 0.416 e. The Morgan fingerprint density at radius 2 is 1.82 bits per heavy atom.